The van der Waals surface area contributed by atoms with Crippen molar-refractivity contribution >= 4 is 45.7 Å². The number of thioether (sulfide) groups is 1. The maximum Gasteiger partial charge on any atom is 0.336 e. The third-order valence-corrected chi connectivity index (χ3v) is 5.40. The molecule has 0 unspecified atom stereocenters. The Morgan fingerprint density at radius 1 is 1.29 bits per heavy atom. The van der Waals surface area contributed by atoms with Crippen molar-refractivity contribution in [3.8, 4) is 0 Å². The van der Waals surface area contributed by atoms with Gasteiger partial charge in [-0.3, -0.25) is 0 Å². The number of aryl methyl sites for hydroxylation is 2. The van der Waals surface area contributed by atoms with Gasteiger partial charge in [0.05, 0.1) is 0 Å². The summed E-state index contributed by atoms with van der Waals surface area (Å²) in [5.41, 5.74) is 1.99. The van der Waals surface area contributed by atoms with Crippen molar-refractivity contribution < 1.29 is 4.42 Å². The van der Waals surface area contributed by atoms with Crippen molar-refractivity contribution in [2.45, 2.75) is 23.9 Å². The van der Waals surface area contributed by atoms with Gasteiger partial charge in [0.1, 0.15) is 10.6 Å². The molecule has 0 aliphatic heterocycles. The quantitative estimate of drug-likeness (QED) is 0.529. The molecule has 0 amide bonds. The van der Waals surface area contributed by atoms with E-state index in [1.54, 1.807) is 17.8 Å². The van der Waals surface area contributed by atoms with Gasteiger partial charge in [-0.1, -0.05) is 34.7 Å². The number of hydrogen-bond acceptors (Lipinski definition) is 6. The van der Waals surface area contributed by atoms with Crippen LogP contribution in [0.2, 0.25) is 5.02 Å². The topological polar surface area (TPSA) is 56.0 Å². The van der Waals surface area contributed by atoms with Crippen molar-refractivity contribution in [1.29, 1.82) is 0 Å². The molecule has 0 aliphatic rings. The fourth-order valence-electron chi connectivity index (χ4n) is 1.94. The SMILES string of the molecule is Cc1nnc(SCc2cc(=O)oc3cc(C)c(Cl)cc23)s1. The second kappa shape index (κ2) is 5.79. The van der Waals surface area contributed by atoms with Crippen LogP contribution in [0.25, 0.3) is 11.0 Å². The van der Waals surface area contributed by atoms with E-state index in [1.165, 1.54) is 17.4 Å². The second-order valence-corrected chi connectivity index (χ2v) is 7.38. The molecular weight excluding hydrogens is 328 g/mol. The van der Waals surface area contributed by atoms with Gasteiger partial charge < -0.3 is 4.42 Å². The zero-order valence-electron chi connectivity index (χ0n) is 11.3. The van der Waals surface area contributed by atoms with Crippen molar-refractivity contribution in [2.24, 2.45) is 0 Å². The van der Waals surface area contributed by atoms with Crippen molar-refractivity contribution in [3.05, 3.63) is 49.8 Å². The zero-order chi connectivity index (χ0) is 15.0. The number of hydrogen-bond donors (Lipinski definition) is 0. The molecule has 1 aromatic carbocycles. The summed E-state index contributed by atoms with van der Waals surface area (Å²) < 4.78 is 6.13. The standard InChI is InChI=1S/C14H11ClN2O2S2/c1-7-3-12-10(5-11(7)15)9(4-13(18)19-12)6-20-14-17-16-8(2)21-14/h3-5H,6H2,1-2H3. The maximum absolute atomic E-state index is 11.7. The minimum Gasteiger partial charge on any atom is -0.423 e. The van der Waals surface area contributed by atoms with E-state index in [-0.39, 0.29) is 5.63 Å². The molecule has 0 N–H and O–H groups in total. The predicted molar refractivity (Wildman–Crippen MR) is 86.4 cm³/mol. The first-order valence-electron chi connectivity index (χ1n) is 6.19. The Labute approximate surface area is 134 Å². The molecule has 0 fully saturated rings. The zero-order valence-corrected chi connectivity index (χ0v) is 13.7. The molecule has 21 heavy (non-hydrogen) atoms. The Bertz CT molecular complexity index is 873. The van der Waals surface area contributed by atoms with Crippen LogP contribution in [-0.4, -0.2) is 10.2 Å². The maximum atomic E-state index is 11.7. The van der Waals surface area contributed by atoms with Crippen LogP contribution in [0.4, 0.5) is 0 Å². The van der Waals surface area contributed by atoms with Gasteiger partial charge in [0.15, 0.2) is 4.34 Å². The average molecular weight is 339 g/mol. The summed E-state index contributed by atoms with van der Waals surface area (Å²) in [6.45, 7) is 3.80. The van der Waals surface area contributed by atoms with E-state index in [9.17, 15) is 4.79 Å². The predicted octanol–water partition coefficient (Wildman–Crippen LogP) is 4.21. The summed E-state index contributed by atoms with van der Waals surface area (Å²) >= 11 is 9.26. The normalized spacial score (nSPS) is 11.2. The Hall–Kier alpha value is -1.37. The van der Waals surface area contributed by atoms with Gasteiger partial charge in [-0.15, -0.1) is 10.2 Å². The minimum atomic E-state index is -0.353. The summed E-state index contributed by atoms with van der Waals surface area (Å²) in [5, 5.41) is 10.5. The number of halogens is 1. The molecule has 0 saturated heterocycles. The minimum absolute atomic E-state index is 0.353. The molecule has 2 aromatic heterocycles. The molecule has 0 atom stereocenters. The molecule has 0 bridgehead atoms. The van der Waals surface area contributed by atoms with E-state index in [0.29, 0.717) is 16.4 Å². The van der Waals surface area contributed by atoms with Gasteiger partial charge >= 0.3 is 5.63 Å². The molecule has 0 aliphatic carbocycles. The Kier molecular flexibility index (Phi) is 4.01. The van der Waals surface area contributed by atoms with E-state index < -0.39 is 0 Å². The van der Waals surface area contributed by atoms with Crippen LogP contribution in [0.15, 0.2) is 31.8 Å². The molecule has 0 saturated carbocycles. The number of nitrogens with zero attached hydrogens (tertiary/aromatic N) is 2. The highest BCUT2D eigenvalue weighted by molar-refractivity contribution is 8.00. The van der Waals surface area contributed by atoms with Crippen LogP contribution in [0.5, 0.6) is 0 Å². The fourth-order valence-corrected chi connectivity index (χ4v) is 3.91. The number of rotatable bonds is 3. The van der Waals surface area contributed by atoms with E-state index >= 15 is 0 Å². The largest absolute Gasteiger partial charge is 0.423 e. The highest BCUT2D eigenvalue weighted by Crippen LogP contribution is 2.30. The molecule has 3 aromatic rings. The Morgan fingerprint density at radius 3 is 2.81 bits per heavy atom. The highest BCUT2D eigenvalue weighted by Gasteiger charge is 2.10. The van der Waals surface area contributed by atoms with Gasteiger partial charge in [-0.25, -0.2) is 4.79 Å². The van der Waals surface area contributed by atoms with Gasteiger partial charge in [-0.05, 0) is 37.1 Å². The van der Waals surface area contributed by atoms with Gasteiger partial charge in [-0.2, -0.15) is 0 Å². The van der Waals surface area contributed by atoms with Gasteiger partial charge in [0.25, 0.3) is 0 Å². The molecule has 108 valence electrons. The lowest BCUT2D eigenvalue weighted by Gasteiger charge is -2.06. The van der Waals surface area contributed by atoms with Crippen molar-refractivity contribution in [3.63, 3.8) is 0 Å². The summed E-state index contributed by atoms with van der Waals surface area (Å²) in [5.74, 6) is 0.621. The Balaban J connectivity index is 2.00. The summed E-state index contributed by atoms with van der Waals surface area (Å²) in [4.78, 5) is 11.7. The van der Waals surface area contributed by atoms with Crippen LogP contribution in [0.1, 0.15) is 16.1 Å². The van der Waals surface area contributed by atoms with Gasteiger partial charge in [0.2, 0.25) is 0 Å². The summed E-state index contributed by atoms with van der Waals surface area (Å²) in [7, 11) is 0. The lowest BCUT2D eigenvalue weighted by molar-refractivity contribution is 0.559. The fraction of sp³-hybridized carbons (Fsp3) is 0.214. The smallest absolute Gasteiger partial charge is 0.336 e. The van der Waals surface area contributed by atoms with Crippen LogP contribution in [0.3, 0.4) is 0 Å². The van der Waals surface area contributed by atoms with E-state index in [0.717, 1.165) is 25.9 Å². The van der Waals surface area contributed by atoms with E-state index in [1.807, 2.05) is 19.9 Å². The molecule has 0 spiro atoms. The number of aromatic nitrogens is 2. The third kappa shape index (κ3) is 3.12. The van der Waals surface area contributed by atoms with E-state index in [2.05, 4.69) is 10.2 Å². The lowest BCUT2D eigenvalue weighted by atomic mass is 10.1. The molecule has 0 radical (unpaired) electrons. The van der Waals surface area contributed by atoms with Gasteiger partial charge in [0, 0.05) is 22.2 Å². The highest BCUT2D eigenvalue weighted by atomic mass is 35.5. The molecule has 4 nitrogen and oxygen atoms in total. The first-order valence-corrected chi connectivity index (χ1v) is 8.37. The van der Waals surface area contributed by atoms with Crippen molar-refractivity contribution in [2.75, 3.05) is 0 Å². The molecule has 3 rings (SSSR count). The molecule has 7 heteroatoms. The van der Waals surface area contributed by atoms with Crippen LogP contribution < -0.4 is 5.63 Å². The monoisotopic (exact) mass is 338 g/mol. The Morgan fingerprint density at radius 2 is 2.10 bits per heavy atom. The third-order valence-electron chi connectivity index (χ3n) is 2.97. The number of fused-ring (bicyclic) bond motifs is 1. The van der Waals surface area contributed by atoms with Crippen LogP contribution >= 0.6 is 34.7 Å². The lowest BCUT2D eigenvalue weighted by Crippen LogP contribution is -2.00. The molecular formula is C14H11ClN2O2S2. The van der Waals surface area contributed by atoms with Crippen LogP contribution in [0, 0.1) is 13.8 Å². The van der Waals surface area contributed by atoms with E-state index in [4.69, 9.17) is 16.0 Å². The summed E-state index contributed by atoms with van der Waals surface area (Å²) in [6, 6.07) is 5.15. The number of benzene rings is 1. The first kappa shape index (κ1) is 14.6. The summed E-state index contributed by atoms with van der Waals surface area (Å²) in [6.07, 6.45) is 0. The average Bonchev–Trinajstić information content (AvgIpc) is 2.84. The second-order valence-electron chi connectivity index (χ2n) is 4.56. The first-order chi connectivity index (χ1) is 10.0. The van der Waals surface area contributed by atoms with Crippen LogP contribution in [-0.2, 0) is 5.75 Å². The van der Waals surface area contributed by atoms with Crippen molar-refractivity contribution in [1.82, 2.24) is 10.2 Å². The molecule has 2 heterocycles.